The van der Waals surface area contributed by atoms with E-state index in [4.69, 9.17) is 4.74 Å². The first kappa shape index (κ1) is 12.2. The fourth-order valence-electron chi connectivity index (χ4n) is 2.05. The third-order valence-electron chi connectivity index (χ3n) is 2.97. The molecule has 90 valence electrons. The first-order valence-electron chi connectivity index (χ1n) is 6.23. The molecular formula is C15H19NO. The van der Waals surface area contributed by atoms with Gasteiger partial charge < -0.3 is 10.1 Å². The molecule has 1 aliphatic rings. The standard InChI is InChI=1S/C15H19NO/c1-13-12-15(9-11-17-13)16-10-5-8-14-6-3-2-4-7-14/h2-4,6-7,13,15-16H,9-12H2,1H3. The van der Waals surface area contributed by atoms with E-state index >= 15 is 0 Å². The zero-order valence-electron chi connectivity index (χ0n) is 10.3. The van der Waals surface area contributed by atoms with E-state index in [0.29, 0.717) is 12.1 Å². The Morgan fingerprint density at radius 1 is 1.35 bits per heavy atom. The van der Waals surface area contributed by atoms with Crippen molar-refractivity contribution in [1.29, 1.82) is 0 Å². The Morgan fingerprint density at radius 3 is 2.94 bits per heavy atom. The van der Waals surface area contributed by atoms with Crippen molar-refractivity contribution >= 4 is 0 Å². The summed E-state index contributed by atoms with van der Waals surface area (Å²) in [5.41, 5.74) is 1.08. The van der Waals surface area contributed by atoms with Gasteiger partial charge in [0, 0.05) is 18.2 Å². The van der Waals surface area contributed by atoms with Gasteiger partial charge in [0.1, 0.15) is 0 Å². The monoisotopic (exact) mass is 229 g/mol. The minimum absolute atomic E-state index is 0.378. The van der Waals surface area contributed by atoms with Crippen molar-refractivity contribution in [2.45, 2.75) is 31.9 Å². The second-order valence-electron chi connectivity index (χ2n) is 4.45. The molecule has 0 radical (unpaired) electrons. The van der Waals surface area contributed by atoms with Crippen molar-refractivity contribution in [3.63, 3.8) is 0 Å². The number of hydrogen-bond acceptors (Lipinski definition) is 2. The van der Waals surface area contributed by atoms with Gasteiger partial charge >= 0.3 is 0 Å². The van der Waals surface area contributed by atoms with Gasteiger partial charge in [0.25, 0.3) is 0 Å². The summed E-state index contributed by atoms with van der Waals surface area (Å²) < 4.78 is 5.51. The minimum atomic E-state index is 0.378. The highest BCUT2D eigenvalue weighted by Crippen LogP contribution is 2.12. The fraction of sp³-hybridized carbons (Fsp3) is 0.467. The molecule has 0 spiro atoms. The first-order valence-corrected chi connectivity index (χ1v) is 6.23. The normalized spacial score (nSPS) is 23.8. The largest absolute Gasteiger partial charge is 0.378 e. The SMILES string of the molecule is CC1CC(NCC#Cc2ccccc2)CCO1. The molecule has 2 unspecified atom stereocenters. The summed E-state index contributed by atoms with van der Waals surface area (Å²) in [6.07, 6.45) is 2.56. The van der Waals surface area contributed by atoms with Gasteiger partial charge in [-0.1, -0.05) is 30.0 Å². The summed E-state index contributed by atoms with van der Waals surface area (Å²) >= 11 is 0. The lowest BCUT2D eigenvalue weighted by molar-refractivity contribution is 0.0141. The third kappa shape index (κ3) is 4.22. The van der Waals surface area contributed by atoms with Crippen molar-refractivity contribution < 1.29 is 4.74 Å². The van der Waals surface area contributed by atoms with E-state index in [1.807, 2.05) is 30.3 Å². The van der Waals surface area contributed by atoms with Gasteiger partial charge in [-0.25, -0.2) is 0 Å². The Kier molecular flexibility index (Phi) is 4.61. The summed E-state index contributed by atoms with van der Waals surface area (Å²) in [5, 5.41) is 3.47. The molecule has 1 N–H and O–H groups in total. The molecule has 1 aromatic carbocycles. The Bertz CT molecular complexity index is 390. The molecule has 0 aromatic heterocycles. The Labute approximate surface area is 103 Å². The van der Waals surface area contributed by atoms with Gasteiger partial charge in [0.15, 0.2) is 0 Å². The van der Waals surface area contributed by atoms with Crippen molar-refractivity contribution in [1.82, 2.24) is 5.32 Å². The molecule has 2 nitrogen and oxygen atoms in total. The average molecular weight is 229 g/mol. The van der Waals surface area contributed by atoms with Crippen LogP contribution in [0.4, 0.5) is 0 Å². The van der Waals surface area contributed by atoms with Gasteiger partial charge in [0.2, 0.25) is 0 Å². The zero-order valence-corrected chi connectivity index (χ0v) is 10.3. The number of ether oxygens (including phenoxy) is 1. The molecular weight excluding hydrogens is 210 g/mol. The Balaban J connectivity index is 1.74. The Hall–Kier alpha value is -1.30. The fourth-order valence-corrected chi connectivity index (χ4v) is 2.05. The quantitative estimate of drug-likeness (QED) is 0.785. The van der Waals surface area contributed by atoms with E-state index in [-0.39, 0.29) is 0 Å². The lowest BCUT2D eigenvalue weighted by Crippen LogP contribution is -2.38. The number of nitrogens with one attached hydrogen (secondary N) is 1. The average Bonchev–Trinajstić information content (AvgIpc) is 2.36. The molecule has 1 aliphatic heterocycles. The molecule has 2 atom stereocenters. The van der Waals surface area contributed by atoms with Crippen LogP contribution in [0.15, 0.2) is 30.3 Å². The minimum Gasteiger partial charge on any atom is -0.378 e. The van der Waals surface area contributed by atoms with Gasteiger partial charge in [0.05, 0.1) is 12.6 Å². The van der Waals surface area contributed by atoms with Crippen LogP contribution < -0.4 is 5.32 Å². The van der Waals surface area contributed by atoms with Crippen molar-refractivity contribution in [3.05, 3.63) is 35.9 Å². The maximum Gasteiger partial charge on any atom is 0.0582 e. The molecule has 2 heteroatoms. The smallest absolute Gasteiger partial charge is 0.0582 e. The van der Waals surface area contributed by atoms with Gasteiger partial charge in [-0.05, 0) is 31.9 Å². The number of rotatable bonds is 2. The van der Waals surface area contributed by atoms with Gasteiger partial charge in [-0.3, -0.25) is 0 Å². The second-order valence-corrected chi connectivity index (χ2v) is 4.45. The predicted molar refractivity (Wildman–Crippen MR) is 69.8 cm³/mol. The summed E-state index contributed by atoms with van der Waals surface area (Å²) in [4.78, 5) is 0. The summed E-state index contributed by atoms with van der Waals surface area (Å²) in [7, 11) is 0. The van der Waals surface area contributed by atoms with Crippen molar-refractivity contribution in [2.75, 3.05) is 13.2 Å². The van der Waals surface area contributed by atoms with Crippen LogP contribution in [0.2, 0.25) is 0 Å². The molecule has 1 saturated heterocycles. The lowest BCUT2D eigenvalue weighted by Gasteiger charge is -2.27. The van der Waals surface area contributed by atoms with E-state index in [1.165, 1.54) is 0 Å². The first-order chi connectivity index (χ1) is 8.34. The van der Waals surface area contributed by atoms with Crippen LogP contribution in [0, 0.1) is 11.8 Å². The van der Waals surface area contributed by atoms with E-state index in [1.54, 1.807) is 0 Å². The van der Waals surface area contributed by atoms with Gasteiger partial charge in [-0.15, -0.1) is 0 Å². The maximum atomic E-state index is 5.51. The van der Waals surface area contributed by atoms with E-state index in [9.17, 15) is 0 Å². The molecule has 0 saturated carbocycles. The third-order valence-corrected chi connectivity index (χ3v) is 2.97. The van der Waals surface area contributed by atoms with Crippen LogP contribution in [0.1, 0.15) is 25.3 Å². The summed E-state index contributed by atoms with van der Waals surface area (Å²) in [6, 6.07) is 10.7. The topological polar surface area (TPSA) is 21.3 Å². The lowest BCUT2D eigenvalue weighted by atomic mass is 10.0. The van der Waals surface area contributed by atoms with Gasteiger partial charge in [-0.2, -0.15) is 0 Å². The van der Waals surface area contributed by atoms with Crippen LogP contribution >= 0.6 is 0 Å². The highest BCUT2D eigenvalue weighted by molar-refractivity contribution is 5.33. The highest BCUT2D eigenvalue weighted by atomic mass is 16.5. The maximum absolute atomic E-state index is 5.51. The molecule has 1 aromatic rings. The molecule has 0 amide bonds. The highest BCUT2D eigenvalue weighted by Gasteiger charge is 2.17. The van der Waals surface area contributed by atoms with Crippen LogP contribution in [-0.4, -0.2) is 25.3 Å². The molecule has 17 heavy (non-hydrogen) atoms. The number of benzene rings is 1. The molecule has 2 rings (SSSR count). The van der Waals surface area contributed by atoms with Crippen LogP contribution in [0.5, 0.6) is 0 Å². The Morgan fingerprint density at radius 2 is 2.18 bits per heavy atom. The molecule has 0 bridgehead atoms. The summed E-state index contributed by atoms with van der Waals surface area (Å²) in [6.45, 7) is 3.75. The van der Waals surface area contributed by atoms with Crippen LogP contribution in [-0.2, 0) is 4.74 Å². The van der Waals surface area contributed by atoms with Crippen molar-refractivity contribution in [2.24, 2.45) is 0 Å². The zero-order chi connectivity index (χ0) is 11.9. The van der Waals surface area contributed by atoms with Crippen LogP contribution in [0.25, 0.3) is 0 Å². The molecule has 0 aliphatic carbocycles. The number of hydrogen-bond donors (Lipinski definition) is 1. The van der Waals surface area contributed by atoms with Crippen LogP contribution in [0.3, 0.4) is 0 Å². The second kappa shape index (κ2) is 6.44. The van der Waals surface area contributed by atoms with E-state index < -0.39 is 0 Å². The van der Waals surface area contributed by atoms with Crippen molar-refractivity contribution in [3.8, 4) is 11.8 Å². The van der Waals surface area contributed by atoms with E-state index in [0.717, 1.165) is 31.6 Å². The molecule has 1 fully saturated rings. The predicted octanol–water partition coefficient (Wildman–Crippen LogP) is 2.20. The van der Waals surface area contributed by atoms with E-state index in [2.05, 4.69) is 24.1 Å². The summed E-state index contributed by atoms with van der Waals surface area (Å²) in [5.74, 6) is 6.31. The molecule has 1 heterocycles.